The average molecular weight is 303 g/mol. The van der Waals surface area contributed by atoms with Crippen molar-refractivity contribution in [2.45, 2.75) is 51.6 Å². The van der Waals surface area contributed by atoms with Gasteiger partial charge in [0.1, 0.15) is 6.04 Å². The molecular weight excluding hydrogens is 283 g/mol. The van der Waals surface area contributed by atoms with Crippen LogP contribution in [0.1, 0.15) is 34.6 Å². The normalized spacial score (nSPS) is 18.2. The van der Waals surface area contributed by atoms with Crippen molar-refractivity contribution < 1.29 is 27.3 Å². The van der Waals surface area contributed by atoms with Gasteiger partial charge in [0.15, 0.2) is 0 Å². The zero-order chi connectivity index (χ0) is 15.6. The van der Waals surface area contributed by atoms with Crippen molar-refractivity contribution in [2.75, 3.05) is 0 Å². The van der Waals surface area contributed by atoms with E-state index in [4.69, 9.17) is 5.11 Å². The van der Waals surface area contributed by atoms with Crippen LogP contribution >= 0.6 is 0 Å². The average Bonchev–Trinajstić information content (AvgIpc) is 2.11. The molecule has 0 aromatic rings. The molecule has 0 heterocycles. The number of halogens is 3. The number of carboxylic acids is 1. The maximum absolute atomic E-state index is 13.0. The second-order valence-corrected chi connectivity index (χ2v) is 7.62. The lowest BCUT2D eigenvalue weighted by Crippen LogP contribution is -2.54. The number of aliphatic carboxylic acids is 1. The van der Waals surface area contributed by atoms with E-state index in [1.807, 2.05) is 4.72 Å². The van der Waals surface area contributed by atoms with Gasteiger partial charge in [-0.05, 0) is 26.7 Å². The summed E-state index contributed by atoms with van der Waals surface area (Å²) in [7, 11) is -2.00. The van der Waals surface area contributed by atoms with Crippen LogP contribution in [0.5, 0.6) is 0 Å². The molecule has 4 nitrogen and oxygen atoms in total. The molecule has 0 bridgehead atoms. The van der Waals surface area contributed by atoms with Gasteiger partial charge in [-0.2, -0.15) is 13.2 Å². The largest absolute Gasteiger partial charge is 0.481 e. The Morgan fingerprint density at radius 2 is 1.63 bits per heavy atom. The molecule has 2 N–H and O–H groups in total. The molecule has 3 atom stereocenters. The van der Waals surface area contributed by atoms with Gasteiger partial charge in [-0.3, -0.25) is 4.79 Å². The molecular formula is C11H20F3NO3S. The van der Waals surface area contributed by atoms with Gasteiger partial charge in [-0.1, -0.05) is 13.8 Å². The molecule has 0 rings (SSSR count). The van der Waals surface area contributed by atoms with Crippen LogP contribution in [0.15, 0.2) is 0 Å². The van der Waals surface area contributed by atoms with E-state index in [-0.39, 0.29) is 0 Å². The number of alkyl halides is 3. The lowest BCUT2D eigenvalue weighted by molar-refractivity contribution is -0.179. The first-order valence-corrected chi connectivity index (χ1v) is 6.91. The predicted octanol–water partition coefficient (Wildman–Crippen LogP) is 2.33. The fraction of sp³-hybridized carbons (Fsp3) is 0.909. The highest BCUT2D eigenvalue weighted by atomic mass is 32.2. The Balaban J connectivity index is 5.35. The lowest BCUT2D eigenvalue weighted by atomic mass is 9.88. The standard InChI is InChI=1S/C11H20F3NO3S/c1-6(2)7(9(16)17)8(11(12,13)14)15-19(18)10(3,4)5/h6-8,15H,1-5H3,(H,16,17). The van der Waals surface area contributed by atoms with Crippen molar-refractivity contribution in [3.63, 3.8) is 0 Å². The summed E-state index contributed by atoms with van der Waals surface area (Å²) in [4.78, 5) is 11.0. The van der Waals surface area contributed by atoms with E-state index >= 15 is 0 Å². The van der Waals surface area contributed by atoms with E-state index in [2.05, 4.69) is 0 Å². The van der Waals surface area contributed by atoms with Crippen molar-refractivity contribution >= 4 is 17.0 Å². The minimum absolute atomic E-state index is 0.742. The summed E-state index contributed by atoms with van der Waals surface area (Å²) in [6.07, 6.45) is -4.78. The van der Waals surface area contributed by atoms with E-state index < -0.39 is 45.8 Å². The molecule has 0 saturated carbocycles. The third-order valence-electron chi connectivity index (χ3n) is 2.51. The van der Waals surface area contributed by atoms with Crippen LogP contribution < -0.4 is 4.72 Å². The van der Waals surface area contributed by atoms with Gasteiger partial charge in [-0.25, -0.2) is 8.93 Å². The van der Waals surface area contributed by atoms with Crippen LogP contribution in [0.25, 0.3) is 0 Å². The monoisotopic (exact) mass is 303 g/mol. The number of carbonyl (C=O) groups is 1. The fourth-order valence-electron chi connectivity index (χ4n) is 1.45. The van der Waals surface area contributed by atoms with Crippen molar-refractivity contribution in [2.24, 2.45) is 11.8 Å². The molecule has 0 aliphatic heterocycles. The smallest absolute Gasteiger partial charge is 0.405 e. The summed E-state index contributed by atoms with van der Waals surface area (Å²) in [5, 5.41) is 8.95. The Bertz CT molecular complexity index is 350. The maximum atomic E-state index is 13.0. The Hall–Kier alpha value is -0.630. The number of hydrogen-bond acceptors (Lipinski definition) is 2. The third-order valence-corrected chi connectivity index (χ3v) is 4.09. The Kier molecular flexibility index (Phi) is 6.01. The van der Waals surface area contributed by atoms with E-state index in [0.717, 1.165) is 0 Å². The fourth-order valence-corrected chi connectivity index (χ4v) is 2.31. The quantitative estimate of drug-likeness (QED) is 0.819. The molecule has 114 valence electrons. The van der Waals surface area contributed by atoms with Gasteiger partial charge in [0.25, 0.3) is 0 Å². The minimum atomic E-state index is -4.78. The first-order valence-electron chi connectivity index (χ1n) is 5.76. The molecule has 0 spiro atoms. The highest BCUT2D eigenvalue weighted by Gasteiger charge is 2.50. The minimum Gasteiger partial charge on any atom is -0.481 e. The van der Waals surface area contributed by atoms with Crippen molar-refractivity contribution in [3.05, 3.63) is 0 Å². The van der Waals surface area contributed by atoms with E-state index in [1.54, 1.807) is 0 Å². The molecule has 3 unspecified atom stereocenters. The number of hydrogen-bond donors (Lipinski definition) is 2. The number of rotatable bonds is 5. The first kappa shape index (κ1) is 18.4. The van der Waals surface area contributed by atoms with Crippen LogP contribution in [-0.4, -0.2) is 32.2 Å². The summed E-state index contributed by atoms with van der Waals surface area (Å²) >= 11 is 0. The summed E-state index contributed by atoms with van der Waals surface area (Å²) < 4.78 is 51.7. The zero-order valence-corrected chi connectivity index (χ0v) is 12.4. The Morgan fingerprint density at radius 3 is 1.84 bits per heavy atom. The summed E-state index contributed by atoms with van der Waals surface area (Å²) in [5.41, 5.74) is 0. The van der Waals surface area contributed by atoms with Crippen molar-refractivity contribution in [1.82, 2.24) is 4.72 Å². The molecule has 0 amide bonds. The van der Waals surface area contributed by atoms with Gasteiger partial charge in [0, 0.05) is 0 Å². The molecule has 0 aromatic carbocycles. The van der Waals surface area contributed by atoms with Gasteiger partial charge in [0.05, 0.1) is 21.7 Å². The van der Waals surface area contributed by atoms with Crippen LogP contribution in [0.4, 0.5) is 13.2 Å². The lowest BCUT2D eigenvalue weighted by Gasteiger charge is -2.31. The highest BCUT2D eigenvalue weighted by molar-refractivity contribution is 7.84. The number of nitrogens with one attached hydrogen (secondary N) is 1. The number of carboxylic acid groups (broad SMARTS) is 1. The van der Waals surface area contributed by atoms with E-state index in [0.29, 0.717) is 0 Å². The van der Waals surface area contributed by atoms with Gasteiger partial charge in [0.2, 0.25) is 0 Å². The second-order valence-electron chi connectivity index (χ2n) is 5.63. The molecule has 0 fully saturated rings. The molecule has 0 aliphatic rings. The van der Waals surface area contributed by atoms with Crippen molar-refractivity contribution in [3.8, 4) is 0 Å². The summed E-state index contributed by atoms with van der Waals surface area (Å²) in [6, 6.07) is -2.34. The van der Waals surface area contributed by atoms with Crippen LogP contribution in [0.2, 0.25) is 0 Å². The molecule has 19 heavy (non-hydrogen) atoms. The topological polar surface area (TPSA) is 66.4 Å². The molecule has 0 aliphatic carbocycles. The van der Waals surface area contributed by atoms with E-state index in [1.165, 1.54) is 34.6 Å². The Labute approximate surface area is 113 Å². The SMILES string of the molecule is CC(C)C(C(=O)O)C(NS(=O)C(C)(C)C)C(F)(F)F. The second kappa shape index (κ2) is 6.21. The van der Waals surface area contributed by atoms with Crippen molar-refractivity contribution in [1.29, 1.82) is 0 Å². The summed E-state index contributed by atoms with van der Waals surface area (Å²) in [6.45, 7) is 7.30. The van der Waals surface area contributed by atoms with Gasteiger partial charge in [-0.15, -0.1) is 0 Å². The van der Waals surface area contributed by atoms with Gasteiger partial charge < -0.3 is 5.11 Å². The zero-order valence-electron chi connectivity index (χ0n) is 11.5. The predicted molar refractivity (Wildman–Crippen MR) is 66.8 cm³/mol. The van der Waals surface area contributed by atoms with E-state index in [9.17, 15) is 22.2 Å². The summed E-state index contributed by atoms with van der Waals surface area (Å²) in [5.74, 6) is -3.99. The Morgan fingerprint density at radius 1 is 1.21 bits per heavy atom. The molecule has 8 heteroatoms. The molecule has 0 saturated heterocycles. The third kappa shape index (κ3) is 5.48. The molecule has 0 radical (unpaired) electrons. The van der Waals surface area contributed by atoms with Crippen LogP contribution in [0, 0.1) is 11.8 Å². The van der Waals surface area contributed by atoms with Crippen LogP contribution in [-0.2, 0) is 15.8 Å². The molecule has 0 aromatic heterocycles. The first-order chi connectivity index (χ1) is 8.28. The highest BCUT2D eigenvalue weighted by Crippen LogP contribution is 2.31. The van der Waals surface area contributed by atoms with Gasteiger partial charge >= 0.3 is 12.1 Å². The maximum Gasteiger partial charge on any atom is 0.405 e. The van der Waals surface area contributed by atoms with Crippen LogP contribution in [0.3, 0.4) is 0 Å².